The number of fused-ring (bicyclic) bond motifs is 3. The van der Waals surface area contributed by atoms with Crippen LogP contribution in [-0.2, 0) is 6.54 Å². The van der Waals surface area contributed by atoms with E-state index in [1.165, 1.54) is 0 Å². The van der Waals surface area contributed by atoms with Gasteiger partial charge in [-0.05, 0) is 62.2 Å². The van der Waals surface area contributed by atoms with E-state index in [0.717, 1.165) is 39.0 Å². The molecule has 5 rings (SSSR count). The zero-order valence-electron chi connectivity index (χ0n) is 19.0. The summed E-state index contributed by atoms with van der Waals surface area (Å²) < 4.78 is 14.0. The fourth-order valence-corrected chi connectivity index (χ4v) is 4.39. The summed E-state index contributed by atoms with van der Waals surface area (Å²) in [5, 5.41) is 4.93. The van der Waals surface area contributed by atoms with Gasteiger partial charge in [-0.1, -0.05) is 42.5 Å². The molecular weight excluding hydrogens is 412 g/mol. The molecule has 0 saturated heterocycles. The minimum atomic E-state index is -0.0652. The number of pyridine rings is 1. The summed E-state index contributed by atoms with van der Waals surface area (Å²) in [6.45, 7) is 7.12. The Bertz CT molecular complexity index is 1530. The SMILES string of the molecule is CCOc1cccc(-c2c(Nc3ccccc3C)oc3c2c(=O)n(CC)c2ccccc32)c1. The molecule has 0 spiro atoms. The Morgan fingerprint density at radius 1 is 0.970 bits per heavy atom. The third kappa shape index (κ3) is 3.55. The number of aromatic nitrogens is 1. The molecule has 3 aromatic carbocycles. The average Bonchev–Trinajstić information content (AvgIpc) is 3.21. The number of furan rings is 1. The highest BCUT2D eigenvalue weighted by Gasteiger charge is 2.23. The number of ether oxygens (including phenoxy) is 1. The van der Waals surface area contributed by atoms with Gasteiger partial charge in [-0.15, -0.1) is 0 Å². The standard InChI is InChI=1S/C28H26N2O3/c1-4-30-23-16-9-7-14-21(23)26-25(28(30)31)24(19-12-10-13-20(17-19)32-5-2)27(33-26)29-22-15-8-6-11-18(22)3/h6-17,29H,4-5H2,1-3H3. The topological polar surface area (TPSA) is 56.4 Å². The molecule has 0 aliphatic carbocycles. The van der Waals surface area contributed by atoms with Gasteiger partial charge in [-0.2, -0.15) is 0 Å². The maximum absolute atomic E-state index is 13.8. The number of rotatable bonds is 6. The number of hydrogen-bond acceptors (Lipinski definition) is 4. The lowest BCUT2D eigenvalue weighted by atomic mass is 10.0. The third-order valence-corrected chi connectivity index (χ3v) is 5.95. The summed E-state index contributed by atoms with van der Waals surface area (Å²) in [4.78, 5) is 13.8. The summed E-state index contributed by atoms with van der Waals surface area (Å²) in [5.74, 6) is 1.30. The second-order valence-corrected chi connectivity index (χ2v) is 7.98. The minimum absolute atomic E-state index is 0.0652. The van der Waals surface area contributed by atoms with Crippen molar-refractivity contribution in [2.45, 2.75) is 27.3 Å². The molecule has 0 saturated carbocycles. The second-order valence-electron chi connectivity index (χ2n) is 7.98. The molecule has 1 N–H and O–H groups in total. The Balaban J connectivity index is 1.87. The normalized spacial score (nSPS) is 11.2. The largest absolute Gasteiger partial charge is 0.494 e. The molecule has 0 bridgehead atoms. The fourth-order valence-electron chi connectivity index (χ4n) is 4.39. The maximum Gasteiger partial charge on any atom is 0.262 e. The van der Waals surface area contributed by atoms with Crippen molar-refractivity contribution < 1.29 is 9.15 Å². The smallest absolute Gasteiger partial charge is 0.262 e. The van der Waals surface area contributed by atoms with E-state index >= 15 is 0 Å². The van der Waals surface area contributed by atoms with Gasteiger partial charge in [0.1, 0.15) is 5.75 Å². The van der Waals surface area contributed by atoms with Crippen molar-refractivity contribution in [3.63, 3.8) is 0 Å². The van der Waals surface area contributed by atoms with Crippen molar-refractivity contribution >= 4 is 33.4 Å². The lowest BCUT2D eigenvalue weighted by Crippen LogP contribution is -2.19. The van der Waals surface area contributed by atoms with Crippen LogP contribution in [0, 0.1) is 6.92 Å². The Hall–Kier alpha value is -3.99. The second kappa shape index (κ2) is 8.51. The van der Waals surface area contributed by atoms with Gasteiger partial charge in [0, 0.05) is 17.6 Å². The van der Waals surface area contributed by atoms with Gasteiger partial charge in [0.2, 0.25) is 5.88 Å². The van der Waals surface area contributed by atoms with Crippen molar-refractivity contribution in [3.05, 3.63) is 88.7 Å². The Labute approximate surface area is 192 Å². The molecule has 0 amide bonds. The minimum Gasteiger partial charge on any atom is -0.494 e. The number of nitrogens with zero attached hydrogens (tertiary/aromatic N) is 1. The lowest BCUT2D eigenvalue weighted by molar-refractivity contribution is 0.340. The maximum atomic E-state index is 13.8. The number of nitrogens with one attached hydrogen (secondary N) is 1. The van der Waals surface area contributed by atoms with Crippen LogP contribution in [0.25, 0.3) is 33.0 Å². The highest BCUT2D eigenvalue weighted by Crippen LogP contribution is 2.42. The summed E-state index contributed by atoms with van der Waals surface area (Å²) in [6.07, 6.45) is 0. The van der Waals surface area contributed by atoms with E-state index in [1.807, 2.05) is 93.6 Å². The molecule has 0 radical (unpaired) electrons. The molecular formula is C28H26N2O3. The van der Waals surface area contributed by atoms with E-state index < -0.39 is 0 Å². The van der Waals surface area contributed by atoms with Gasteiger partial charge in [-0.25, -0.2) is 0 Å². The van der Waals surface area contributed by atoms with Crippen molar-refractivity contribution in [2.24, 2.45) is 0 Å². The highest BCUT2D eigenvalue weighted by molar-refractivity contribution is 6.11. The average molecular weight is 439 g/mol. The molecule has 5 heteroatoms. The quantitative estimate of drug-likeness (QED) is 0.314. The molecule has 33 heavy (non-hydrogen) atoms. The highest BCUT2D eigenvalue weighted by atomic mass is 16.5. The van der Waals surface area contributed by atoms with E-state index in [0.29, 0.717) is 30.0 Å². The summed E-state index contributed by atoms with van der Waals surface area (Å²) >= 11 is 0. The van der Waals surface area contributed by atoms with Crippen LogP contribution in [0.4, 0.5) is 11.6 Å². The number of aryl methyl sites for hydroxylation is 2. The monoisotopic (exact) mass is 438 g/mol. The van der Waals surface area contributed by atoms with Crippen LogP contribution in [0.2, 0.25) is 0 Å². The molecule has 0 fully saturated rings. The van der Waals surface area contributed by atoms with E-state index in [4.69, 9.17) is 9.15 Å². The molecule has 0 aliphatic rings. The first-order valence-electron chi connectivity index (χ1n) is 11.3. The zero-order chi connectivity index (χ0) is 22.9. The van der Waals surface area contributed by atoms with Crippen LogP contribution in [0.1, 0.15) is 19.4 Å². The molecule has 5 nitrogen and oxygen atoms in total. The van der Waals surface area contributed by atoms with Crippen LogP contribution in [0.15, 0.2) is 82.0 Å². The summed E-state index contributed by atoms with van der Waals surface area (Å²) in [6, 6.07) is 23.7. The van der Waals surface area contributed by atoms with Gasteiger partial charge < -0.3 is 19.0 Å². The number of anilines is 2. The molecule has 0 unspecified atom stereocenters. The summed E-state index contributed by atoms with van der Waals surface area (Å²) in [7, 11) is 0. The lowest BCUT2D eigenvalue weighted by Gasteiger charge is -2.11. The number of para-hydroxylation sites is 2. The first-order valence-corrected chi connectivity index (χ1v) is 11.3. The van der Waals surface area contributed by atoms with Gasteiger partial charge in [0.25, 0.3) is 5.56 Å². The predicted molar refractivity (Wildman–Crippen MR) is 135 cm³/mol. The van der Waals surface area contributed by atoms with E-state index in [1.54, 1.807) is 4.57 Å². The number of hydrogen-bond donors (Lipinski definition) is 1. The Morgan fingerprint density at radius 3 is 2.55 bits per heavy atom. The van der Waals surface area contributed by atoms with Crippen molar-refractivity contribution in [2.75, 3.05) is 11.9 Å². The molecule has 5 aromatic rings. The first-order chi connectivity index (χ1) is 16.1. The van der Waals surface area contributed by atoms with E-state index in [-0.39, 0.29) is 5.56 Å². The molecule has 2 heterocycles. The van der Waals surface area contributed by atoms with Gasteiger partial charge in [-0.3, -0.25) is 4.79 Å². The summed E-state index contributed by atoms with van der Waals surface area (Å²) in [5.41, 5.74) is 5.02. The van der Waals surface area contributed by atoms with Crippen LogP contribution in [-0.4, -0.2) is 11.2 Å². The van der Waals surface area contributed by atoms with Gasteiger partial charge in [0.05, 0.1) is 23.1 Å². The molecule has 0 aliphatic heterocycles. The van der Waals surface area contributed by atoms with Gasteiger partial charge >= 0.3 is 0 Å². The van der Waals surface area contributed by atoms with Crippen LogP contribution >= 0.6 is 0 Å². The van der Waals surface area contributed by atoms with Crippen LogP contribution in [0.5, 0.6) is 5.75 Å². The molecule has 2 aromatic heterocycles. The van der Waals surface area contributed by atoms with E-state index in [2.05, 4.69) is 5.32 Å². The predicted octanol–water partition coefficient (Wildman–Crippen LogP) is 6.89. The van der Waals surface area contributed by atoms with Crippen molar-refractivity contribution in [1.82, 2.24) is 4.57 Å². The molecule has 0 atom stereocenters. The van der Waals surface area contributed by atoms with Gasteiger partial charge in [0.15, 0.2) is 5.58 Å². The first kappa shape index (κ1) is 20.9. The van der Waals surface area contributed by atoms with Crippen molar-refractivity contribution in [3.8, 4) is 16.9 Å². The van der Waals surface area contributed by atoms with Crippen molar-refractivity contribution in [1.29, 1.82) is 0 Å². The Morgan fingerprint density at radius 2 is 1.76 bits per heavy atom. The zero-order valence-corrected chi connectivity index (χ0v) is 19.0. The fraction of sp³-hybridized carbons (Fsp3) is 0.179. The molecule has 166 valence electrons. The third-order valence-electron chi connectivity index (χ3n) is 5.95. The van der Waals surface area contributed by atoms with Crippen LogP contribution in [0.3, 0.4) is 0 Å². The van der Waals surface area contributed by atoms with E-state index in [9.17, 15) is 4.79 Å². The van der Waals surface area contributed by atoms with Crippen LogP contribution < -0.4 is 15.6 Å². The number of benzene rings is 3. The Kier molecular flexibility index (Phi) is 5.38.